The average molecular weight is 387 g/mol. The van der Waals surface area contributed by atoms with Crippen molar-refractivity contribution in [3.05, 3.63) is 64.7 Å². The molecule has 0 bridgehead atoms. The van der Waals surface area contributed by atoms with E-state index in [1.54, 1.807) is 7.11 Å². The molecular weight excluding hydrogens is 360 g/mol. The van der Waals surface area contributed by atoms with Crippen LogP contribution in [0.25, 0.3) is 0 Å². The third-order valence-corrected chi connectivity index (χ3v) is 5.70. The zero-order chi connectivity index (χ0) is 19.2. The monoisotopic (exact) mass is 386 g/mol. The number of hydrogen-bond donors (Lipinski definition) is 1. The summed E-state index contributed by atoms with van der Waals surface area (Å²) in [5, 5.41) is 0.751. The Balaban J connectivity index is 1.56. The van der Waals surface area contributed by atoms with Gasteiger partial charge in [-0.3, -0.25) is 9.69 Å². The molecule has 1 fully saturated rings. The summed E-state index contributed by atoms with van der Waals surface area (Å²) in [6.07, 6.45) is 2.66. The van der Waals surface area contributed by atoms with Crippen LogP contribution in [0.4, 0.5) is 0 Å². The second-order valence-corrected chi connectivity index (χ2v) is 7.56. The first kappa shape index (κ1) is 19.9. The van der Waals surface area contributed by atoms with Crippen molar-refractivity contribution in [1.29, 1.82) is 0 Å². The Hall–Kier alpha value is -1.88. The zero-order valence-electron chi connectivity index (χ0n) is 15.7. The van der Waals surface area contributed by atoms with Crippen LogP contribution in [0.3, 0.4) is 0 Å². The quantitative estimate of drug-likeness (QED) is 0.735. The molecule has 144 valence electrons. The molecule has 1 unspecified atom stereocenters. The van der Waals surface area contributed by atoms with E-state index in [-0.39, 0.29) is 11.7 Å². The lowest BCUT2D eigenvalue weighted by Crippen LogP contribution is -2.47. The van der Waals surface area contributed by atoms with Crippen molar-refractivity contribution in [3.8, 4) is 5.75 Å². The second-order valence-electron chi connectivity index (χ2n) is 7.12. The summed E-state index contributed by atoms with van der Waals surface area (Å²) in [4.78, 5) is 15.2. The number of ether oxygens (including phenoxy) is 1. The number of hydrogen-bond acceptors (Lipinski definition) is 4. The average Bonchev–Trinajstić information content (AvgIpc) is 2.73. The van der Waals surface area contributed by atoms with E-state index >= 15 is 0 Å². The lowest BCUT2D eigenvalue weighted by Gasteiger charge is -2.37. The number of nitrogens with two attached hydrogens (primary N) is 1. The number of nitrogens with zero attached hydrogens (tertiary/aromatic N) is 1. The van der Waals surface area contributed by atoms with Crippen molar-refractivity contribution in [3.63, 3.8) is 0 Å². The maximum Gasteiger partial charge on any atom is 0.166 e. The summed E-state index contributed by atoms with van der Waals surface area (Å²) in [5.41, 5.74) is 8.06. The highest BCUT2D eigenvalue weighted by molar-refractivity contribution is 6.30. The number of Topliss-reactive ketones (excluding diaryl/α,β-unsaturated/α-hetero) is 1. The smallest absolute Gasteiger partial charge is 0.166 e. The molecule has 5 heteroatoms. The lowest BCUT2D eigenvalue weighted by molar-refractivity contribution is 0.0795. The Labute approximate surface area is 166 Å². The number of carbonyl (C=O) groups excluding carboxylic acids is 1. The number of halogens is 1. The molecule has 1 atom stereocenters. The molecule has 0 aliphatic carbocycles. The fourth-order valence-electron chi connectivity index (χ4n) is 3.77. The molecule has 1 aliphatic heterocycles. The molecule has 1 aliphatic rings. The molecule has 2 aromatic rings. The predicted molar refractivity (Wildman–Crippen MR) is 110 cm³/mol. The first-order valence-corrected chi connectivity index (χ1v) is 9.85. The molecule has 0 radical (unpaired) electrons. The molecule has 0 spiro atoms. The van der Waals surface area contributed by atoms with Crippen molar-refractivity contribution in [2.75, 3.05) is 26.7 Å². The summed E-state index contributed by atoms with van der Waals surface area (Å²) >= 11 is 5.97. The number of likely N-dealkylation sites (tertiary alicyclic amines) is 1. The number of rotatable bonds is 7. The van der Waals surface area contributed by atoms with E-state index < -0.39 is 0 Å². The third-order valence-electron chi connectivity index (χ3n) is 5.45. The first-order valence-electron chi connectivity index (χ1n) is 9.47. The second kappa shape index (κ2) is 9.36. The Morgan fingerprint density at radius 3 is 2.33 bits per heavy atom. The Bertz CT molecular complexity index is 738. The first-order chi connectivity index (χ1) is 13.1. The maximum atomic E-state index is 12.8. The minimum atomic E-state index is 0.0867. The van der Waals surface area contributed by atoms with Crippen molar-refractivity contribution >= 4 is 17.4 Å². The molecule has 3 rings (SSSR count). The van der Waals surface area contributed by atoms with Crippen molar-refractivity contribution < 1.29 is 9.53 Å². The van der Waals surface area contributed by atoms with E-state index in [2.05, 4.69) is 17.0 Å². The number of ketones is 1. The van der Waals surface area contributed by atoms with E-state index in [0.717, 1.165) is 48.7 Å². The van der Waals surface area contributed by atoms with Crippen LogP contribution in [0.15, 0.2) is 48.5 Å². The standard InChI is InChI=1S/C22H27ClN2O2/c1-27-21-8-4-17(5-9-21)22(26)18-10-12-25(13-11-18)20(15-24)14-16-2-6-19(23)7-3-16/h2-9,18,20H,10-15,24H2,1H3. The minimum Gasteiger partial charge on any atom is -0.497 e. The summed E-state index contributed by atoms with van der Waals surface area (Å²) in [7, 11) is 1.63. The van der Waals surface area contributed by atoms with Crippen molar-refractivity contribution in [2.45, 2.75) is 25.3 Å². The van der Waals surface area contributed by atoms with Gasteiger partial charge in [0, 0.05) is 29.1 Å². The van der Waals surface area contributed by atoms with E-state index in [4.69, 9.17) is 22.1 Å². The highest BCUT2D eigenvalue weighted by Crippen LogP contribution is 2.25. The van der Waals surface area contributed by atoms with Gasteiger partial charge >= 0.3 is 0 Å². The Morgan fingerprint density at radius 1 is 1.15 bits per heavy atom. The highest BCUT2D eigenvalue weighted by atomic mass is 35.5. The number of methoxy groups -OCH3 is 1. The molecule has 2 N–H and O–H groups in total. The fourth-order valence-corrected chi connectivity index (χ4v) is 3.90. The van der Waals surface area contributed by atoms with E-state index in [9.17, 15) is 4.79 Å². The molecule has 27 heavy (non-hydrogen) atoms. The topological polar surface area (TPSA) is 55.6 Å². The van der Waals surface area contributed by atoms with Crippen LogP contribution < -0.4 is 10.5 Å². The minimum absolute atomic E-state index is 0.0867. The SMILES string of the molecule is COc1ccc(C(=O)C2CCN(C(CN)Cc3ccc(Cl)cc3)CC2)cc1. The van der Waals surface area contributed by atoms with Crippen LogP contribution in [-0.4, -0.2) is 43.5 Å². The molecule has 0 saturated carbocycles. The highest BCUT2D eigenvalue weighted by Gasteiger charge is 2.28. The molecule has 0 aromatic heterocycles. The van der Waals surface area contributed by atoms with Gasteiger partial charge in [0.1, 0.15) is 5.75 Å². The zero-order valence-corrected chi connectivity index (χ0v) is 16.5. The van der Waals surface area contributed by atoms with Crippen molar-refractivity contribution in [2.24, 2.45) is 11.7 Å². The largest absolute Gasteiger partial charge is 0.497 e. The summed E-state index contributed by atoms with van der Waals surface area (Å²) < 4.78 is 5.17. The van der Waals surface area contributed by atoms with Crippen molar-refractivity contribution in [1.82, 2.24) is 4.90 Å². The van der Waals surface area contributed by atoms with Gasteiger partial charge in [-0.2, -0.15) is 0 Å². The number of piperidine rings is 1. The molecule has 4 nitrogen and oxygen atoms in total. The summed E-state index contributed by atoms with van der Waals surface area (Å²) in [5.74, 6) is 1.09. The van der Waals surface area contributed by atoms with E-state index in [1.165, 1.54) is 5.56 Å². The van der Waals surface area contributed by atoms with E-state index in [1.807, 2.05) is 36.4 Å². The van der Waals surface area contributed by atoms with Crippen LogP contribution in [0, 0.1) is 5.92 Å². The van der Waals surface area contributed by atoms with Crippen LogP contribution in [0.2, 0.25) is 5.02 Å². The van der Waals surface area contributed by atoms with Gasteiger partial charge in [-0.15, -0.1) is 0 Å². The Kier molecular flexibility index (Phi) is 6.89. The molecular formula is C22H27ClN2O2. The number of benzene rings is 2. The van der Waals surface area contributed by atoms with Crippen LogP contribution in [0.5, 0.6) is 5.75 Å². The molecule has 1 heterocycles. The molecule has 0 amide bonds. The van der Waals surface area contributed by atoms with Gasteiger partial charge in [-0.1, -0.05) is 23.7 Å². The van der Waals surface area contributed by atoms with E-state index in [0.29, 0.717) is 12.6 Å². The normalized spacial score (nSPS) is 16.9. The third kappa shape index (κ3) is 5.10. The molecule has 1 saturated heterocycles. The predicted octanol–water partition coefficient (Wildman–Crippen LogP) is 3.81. The Morgan fingerprint density at radius 2 is 1.78 bits per heavy atom. The number of carbonyl (C=O) groups is 1. The van der Waals surface area contributed by atoms with Crippen LogP contribution in [-0.2, 0) is 6.42 Å². The summed E-state index contributed by atoms with van der Waals surface area (Å²) in [6, 6.07) is 15.7. The fraction of sp³-hybridized carbons (Fsp3) is 0.409. The van der Waals surface area contributed by atoms with Gasteiger partial charge in [0.05, 0.1) is 7.11 Å². The maximum absolute atomic E-state index is 12.8. The van der Waals surface area contributed by atoms with Gasteiger partial charge in [-0.05, 0) is 74.3 Å². The molecule has 2 aromatic carbocycles. The van der Waals surface area contributed by atoms with Gasteiger partial charge in [0.25, 0.3) is 0 Å². The lowest BCUT2D eigenvalue weighted by atomic mass is 9.88. The van der Waals surface area contributed by atoms with Gasteiger partial charge in [0.2, 0.25) is 0 Å². The van der Waals surface area contributed by atoms with Gasteiger partial charge in [-0.25, -0.2) is 0 Å². The van der Waals surface area contributed by atoms with Gasteiger partial charge < -0.3 is 10.5 Å². The van der Waals surface area contributed by atoms with Crippen LogP contribution in [0.1, 0.15) is 28.8 Å². The summed E-state index contributed by atoms with van der Waals surface area (Å²) in [6.45, 7) is 2.42. The van der Waals surface area contributed by atoms with Crippen LogP contribution >= 0.6 is 11.6 Å². The van der Waals surface area contributed by atoms with Gasteiger partial charge in [0.15, 0.2) is 5.78 Å².